The van der Waals surface area contributed by atoms with Gasteiger partial charge in [0.25, 0.3) is 0 Å². The summed E-state index contributed by atoms with van der Waals surface area (Å²) in [7, 11) is 0. The van der Waals surface area contributed by atoms with Gasteiger partial charge in [-0.1, -0.05) is 24.6 Å². The number of fused-ring (bicyclic) bond motifs is 1. The maximum Gasteiger partial charge on any atom is 0.158 e. The number of ether oxygens (including phenoxy) is 1. The van der Waals surface area contributed by atoms with Crippen LogP contribution in [0.5, 0.6) is 5.75 Å². The molecule has 3 aromatic heterocycles. The van der Waals surface area contributed by atoms with Gasteiger partial charge < -0.3 is 15.8 Å². The molecule has 1 saturated heterocycles. The molecule has 1 aliphatic heterocycles. The number of halogens is 1. The molecule has 1 aliphatic rings. The Morgan fingerprint density at radius 2 is 2.12 bits per heavy atom. The summed E-state index contributed by atoms with van der Waals surface area (Å²) in [6, 6.07) is 13.7. The van der Waals surface area contributed by atoms with Gasteiger partial charge in [-0.05, 0) is 60.8 Å². The monoisotopic (exact) mass is 477 g/mol. The van der Waals surface area contributed by atoms with Crippen molar-refractivity contribution in [1.29, 1.82) is 0 Å². The van der Waals surface area contributed by atoms with Crippen LogP contribution in [0.1, 0.15) is 24.6 Å². The van der Waals surface area contributed by atoms with Crippen molar-refractivity contribution in [1.82, 2.24) is 24.5 Å². The molecular formula is C25H28ClN7O. The lowest BCUT2D eigenvalue weighted by Gasteiger charge is -2.35. The molecule has 0 amide bonds. The molecule has 8 nitrogen and oxygen atoms in total. The van der Waals surface area contributed by atoms with Gasteiger partial charge in [0, 0.05) is 37.2 Å². The van der Waals surface area contributed by atoms with E-state index >= 15 is 0 Å². The number of nitrogens with zero attached hydrogens (tertiary/aromatic N) is 5. The van der Waals surface area contributed by atoms with Gasteiger partial charge >= 0.3 is 0 Å². The Labute approximate surface area is 203 Å². The molecule has 9 heteroatoms. The number of hydrogen-bond acceptors (Lipinski definition) is 7. The SMILES string of the molecule is C[C@H]1CN(Cc2ccn3ncnc(Nc4ccc(OCc5ccccn5)c(Cl)c4)c23)CC[C@@H]1N. The Morgan fingerprint density at radius 3 is 2.91 bits per heavy atom. The van der Waals surface area contributed by atoms with Crippen LogP contribution in [0.4, 0.5) is 11.5 Å². The number of likely N-dealkylation sites (tertiary alicyclic amines) is 1. The first-order valence-electron chi connectivity index (χ1n) is 11.5. The second-order valence-corrected chi connectivity index (χ2v) is 9.19. The highest BCUT2D eigenvalue weighted by atomic mass is 35.5. The summed E-state index contributed by atoms with van der Waals surface area (Å²) < 4.78 is 7.70. The summed E-state index contributed by atoms with van der Waals surface area (Å²) in [5.41, 5.74) is 9.99. The fourth-order valence-corrected chi connectivity index (χ4v) is 4.57. The van der Waals surface area contributed by atoms with Crippen molar-refractivity contribution in [2.45, 2.75) is 32.5 Å². The maximum absolute atomic E-state index is 6.50. The number of anilines is 2. The van der Waals surface area contributed by atoms with E-state index in [0.717, 1.165) is 48.8 Å². The van der Waals surface area contributed by atoms with E-state index < -0.39 is 0 Å². The van der Waals surface area contributed by atoms with Gasteiger partial charge in [0.05, 0.1) is 10.7 Å². The molecule has 4 aromatic rings. The van der Waals surface area contributed by atoms with E-state index in [0.29, 0.717) is 23.3 Å². The summed E-state index contributed by atoms with van der Waals surface area (Å²) in [4.78, 5) is 11.2. The molecule has 2 atom stereocenters. The second kappa shape index (κ2) is 9.97. The van der Waals surface area contributed by atoms with Crippen LogP contribution in [0.3, 0.4) is 0 Å². The normalized spacial score (nSPS) is 18.8. The minimum atomic E-state index is 0.281. The fraction of sp³-hybridized carbons (Fsp3) is 0.320. The van der Waals surface area contributed by atoms with E-state index in [1.807, 2.05) is 47.1 Å². The van der Waals surface area contributed by atoms with Crippen molar-refractivity contribution in [3.63, 3.8) is 0 Å². The van der Waals surface area contributed by atoms with Crippen LogP contribution in [0.15, 0.2) is 61.2 Å². The lowest BCUT2D eigenvalue weighted by atomic mass is 9.94. The summed E-state index contributed by atoms with van der Waals surface area (Å²) in [5.74, 6) is 1.82. The van der Waals surface area contributed by atoms with Crippen LogP contribution in [0.25, 0.3) is 5.52 Å². The standard InChI is InChI=1S/C25H28ClN7O/c1-17-13-32(10-8-22(17)27)14-18-7-11-33-24(18)25(29-16-30-33)31-19-5-6-23(21(26)12-19)34-15-20-4-2-3-9-28-20/h2-7,9,11-12,16-17,22H,8,10,13-15,27H2,1H3,(H,29,30,31)/t17-,22-/m0/s1. The topological polar surface area (TPSA) is 93.6 Å². The number of rotatable bonds is 7. The van der Waals surface area contributed by atoms with Crippen molar-refractivity contribution in [2.24, 2.45) is 11.7 Å². The predicted molar refractivity (Wildman–Crippen MR) is 133 cm³/mol. The van der Waals surface area contributed by atoms with Crippen LogP contribution < -0.4 is 15.8 Å². The largest absolute Gasteiger partial charge is 0.486 e. The number of nitrogens with two attached hydrogens (primary N) is 1. The summed E-state index contributed by atoms with van der Waals surface area (Å²) in [5, 5.41) is 8.30. The Morgan fingerprint density at radius 1 is 1.21 bits per heavy atom. The van der Waals surface area contributed by atoms with Crippen molar-refractivity contribution >= 4 is 28.6 Å². The van der Waals surface area contributed by atoms with E-state index in [2.05, 4.69) is 38.3 Å². The first-order valence-corrected chi connectivity index (χ1v) is 11.8. The Kier molecular flexibility index (Phi) is 6.62. The lowest BCUT2D eigenvalue weighted by molar-refractivity contribution is 0.158. The molecule has 1 aromatic carbocycles. The third-order valence-electron chi connectivity index (χ3n) is 6.28. The highest BCUT2D eigenvalue weighted by molar-refractivity contribution is 6.32. The molecule has 0 aliphatic carbocycles. The molecule has 1 fully saturated rings. The van der Waals surface area contributed by atoms with Gasteiger partial charge in [-0.3, -0.25) is 9.88 Å². The van der Waals surface area contributed by atoms with Crippen molar-refractivity contribution in [3.8, 4) is 5.75 Å². The van der Waals surface area contributed by atoms with E-state index in [1.54, 1.807) is 12.5 Å². The number of piperidine rings is 1. The maximum atomic E-state index is 6.50. The van der Waals surface area contributed by atoms with E-state index in [-0.39, 0.29) is 6.04 Å². The molecule has 0 saturated carbocycles. The van der Waals surface area contributed by atoms with Crippen molar-refractivity contribution < 1.29 is 4.74 Å². The van der Waals surface area contributed by atoms with Gasteiger partial charge in [-0.25, -0.2) is 9.50 Å². The average Bonchev–Trinajstić information content (AvgIpc) is 3.25. The molecule has 0 unspecified atom stereocenters. The predicted octanol–water partition coefficient (Wildman–Crippen LogP) is 4.27. The zero-order valence-electron chi connectivity index (χ0n) is 19.1. The van der Waals surface area contributed by atoms with Crippen LogP contribution >= 0.6 is 11.6 Å². The van der Waals surface area contributed by atoms with Crippen molar-refractivity contribution in [3.05, 3.63) is 77.5 Å². The Balaban J connectivity index is 1.32. The van der Waals surface area contributed by atoms with Gasteiger partial charge in [0.2, 0.25) is 0 Å². The second-order valence-electron chi connectivity index (χ2n) is 8.79. The molecular weight excluding hydrogens is 450 g/mol. The molecule has 0 bridgehead atoms. The van der Waals surface area contributed by atoms with E-state index in [9.17, 15) is 0 Å². The minimum Gasteiger partial charge on any atom is -0.486 e. The molecule has 34 heavy (non-hydrogen) atoms. The average molecular weight is 478 g/mol. The van der Waals surface area contributed by atoms with Crippen LogP contribution in [0.2, 0.25) is 5.02 Å². The smallest absolute Gasteiger partial charge is 0.158 e. The highest BCUT2D eigenvalue weighted by Gasteiger charge is 2.24. The molecule has 0 spiro atoms. The summed E-state index contributed by atoms with van der Waals surface area (Å²) >= 11 is 6.50. The van der Waals surface area contributed by atoms with Gasteiger partial charge in [0.1, 0.15) is 24.2 Å². The Bertz CT molecular complexity index is 1260. The number of benzene rings is 1. The summed E-state index contributed by atoms with van der Waals surface area (Å²) in [6.45, 7) is 5.39. The van der Waals surface area contributed by atoms with Gasteiger partial charge in [0.15, 0.2) is 5.82 Å². The molecule has 4 heterocycles. The fourth-order valence-electron chi connectivity index (χ4n) is 4.34. The third kappa shape index (κ3) is 4.99. The van der Waals surface area contributed by atoms with Gasteiger partial charge in [-0.2, -0.15) is 5.10 Å². The number of pyridine rings is 1. The molecule has 5 rings (SSSR count). The first-order chi connectivity index (χ1) is 16.6. The summed E-state index contributed by atoms with van der Waals surface area (Å²) in [6.07, 6.45) is 6.28. The van der Waals surface area contributed by atoms with Crippen LogP contribution in [-0.2, 0) is 13.2 Å². The van der Waals surface area contributed by atoms with Gasteiger partial charge in [-0.15, -0.1) is 0 Å². The molecule has 3 N–H and O–H groups in total. The minimum absolute atomic E-state index is 0.281. The van der Waals surface area contributed by atoms with Crippen LogP contribution in [-0.4, -0.2) is 43.6 Å². The van der Waals surface area contributed by atoms with E-state index in [1.165, 1.54) is 5.56 Å². The number of hydrogen-bond donors (Lipinski definition) is 2. The molecule has 0 radical (unpaired) electrons. The van der Waals surface area contributed by atoms with E-state index in [4.69, 9.17) is 22.1 Å². The quantitative estimate of drug-likeness (QED) is 0.410. The first kappa shape index (κ1) is 22.6. The lowest BCUT2D eigenvalue weighted by Crippen LogP contribution is -2.45. The zero-order chi connectivity index (χ0) is 23.5. The number of aromatic nitrogens is 4. The highest BCUT2D eigenvalue weighted by Crippen LogP contribution is 2.31. The third-order valence-corrected chi connectivity index (χ3v) is 6.58. The number of nitrogens with one attached hydrogen (secondary N) is 1. The van der Waals surface area contributed by atoms with Crippen molar-refractivity contribution in [2.75, 3.05) is 18.4 Å². The van der Waals surface area contributed by atoms with Crippen LogP contribution in [0, 0.1) is 5.92 Å². The molecule has 176 valence electrons. The Hall–Kier alpha value is -3.20. The zero-order valence-corrected chi connectivity index (χ0v) is 19.8.